The first-order chi connectivity index (χ1) is 6.48. The maximum absolute atomic E-state index is 12.3. The van der Waals surface area contributed by atoms with Crippen LogP contribution in [0.5, 0.6) is 0 Å². The van der Waals surface area contributed by atoms with Crippen molar-refractivity contribution in [3.63, 3.8) is 0 Å². The van der Waals surface area contributed by atoms with E-state index in [1.54, 1.807) is 6.07 Å². The Morgan fingerprint density at radius 3 is 2.71 bits per heavy atom. The van der Waals surface area contributed by atoms with Gasteiger partial charge in [-0.05, 0) is 17.7 Å². The Labute approximate surface area is 79.9 Å². The Kier molecular flexibility index (Phi) is 1.94. The van der Waals surface area contributed by atoms with Crippen LogP contribution < -0.4 is 5.32 Å². The molecule has 1 aliphatic rings. The number of rotatable bonds is 0. The largest absolute Gasteiger partial charge is 0.416 e. The summed E-state index contributed by atoms with van der Waals surface area (Å²) in [6.07, 6.45) is -4.25. The van der Waals surface area contributed by atoms with Gasteiger partial charge in [0.25, 0.3) is 0 Å². The second-order valence-corrected chi connectivity index (χ2v) is 3.58. The molecule has 1 nitrogen and oxygen atoms in total. The first-order valence-electron chi connectivity index (χ1n) is 4.43. The molecule has 14 heavy (non-hydrogen) atoms. The minimum atomic E-state index is -4.25. The average molecular weight is 201 g/mol. The van der Waals surface area contributed by atoms with E-state index < -0.39 is 11.7 Å². The van der Waals surface area contributed by atoms with Crippen molar-refractivity contribution >= 4 is 5.69 Å². The zero-order chi connectivity index (χ0) is 10.3. The molecule has 76 valence electrons. The van der Waals surface area contributed by atoms with Gasteiger partial charge in [0.15, 0.2) is 0 Å². The van der Waals surface area contributed by atoms with Crippen LogP contribution in [0.4, 0.5) is 18.9 Å². The van der Waals surface area contributed by atoms with Gasteiger partial charge in [0, 0.05) is 18.2 Å². The topological polar surface area (TPSA) is 12.0 Å². The lowest BCUT2D eigenvalue weighted by Gasteiger charge is -2.09. The van der Waals surface area contributed by atoms with E-state index in [0.29, 0.717) is 11.6 Å². The van der Waals surface area contributed by atoms with Gasteiger partial charge in [0.1, 0.15) is 0 Å². The van der Waals surface area contributed by atoms with Gasteiger partial charge in [-0.15, -0.1) is 0 Å². The Morgan fingerprint density at radius 1 is 1.36 bits per heavy atom. The van der Waals surface area contributed by atoms with E-state index in [9.17, 15) is 13.2 Å². The van der Waals surface area contributed by atoms with E-state index >= 15 is 0 Å². The van der Waals surface area contributed by atoms with Crippen LogP contribution in [-0.4, -0.2) is 6.54 Å². The van der Waals surface area contributed by atoms with Crippen molar-refractivity contribution in [1.29, 1.82) is 0 Å². The van der Waals surface area contributed by atoms with Crippen molar-refractivity contribution in [2.75, 3.05) is 11.9 Å². The van der Waals surface area contributed by atoms with Crippen LogP contribution in [0.2, 0.25) is 0 Å². The summed E-state index contributed by atoms with van der Waals surface area (Å²) < 4.78 is 37.0. The molecule has 0 saturated heterocycles. The molecule has 1 aromatic carbocycles. The van der Waals surface area contributed by atoms with E-state index in [0.717, 1.165) is 18.2 Å². The average Bonchev–Trinajstić information content (AvgIpc) is 2.46. The van der Waals surface area contributed by atoms with Gasteiger partial charge in [0.2, 0.25) is 0 Å². The number of alkyl halides is 3. The second kappa shape index (κ2) is 2.90. The van der Waals surface area contributed by atoms with Gasteiger partial charge < -0.3 is 5.32 Å². The molecule has 0 aromatic heterocycles. The third-order valence-electron chi connectivity index (χ3n) is 2.51. The van der Waals surface area contributed by atoms with E-state index in [-0.39, 0.29) is 0 Å². The number of anilines is 1. The lowest BCUT2D eigenvalue weighted by Crippen LogP contribution is -2.05. The zero-order valence-corrected chi connectivity index (χ0v) is 7.65. The minimum Gasteiger partial charge on any atom is -0.384 e. The molecule has 1 atom stereocenters. The van der Waals surface area contributed by atoms with Crippen LogP contribution in [0.15, 0.2) is 18.2 Å². The summed E-state index contributed by atoms with van der Waals surface area (Å²) in [7, 11) is 0. The summed E-state index contributed by atoms with van der Waals surface area (Å²) in [6, 6.07) is 3.88. The summed E-state index contributed by atoms with van der Waals surface area (Å²) in [6.45, 7) is 2.71. The Hall–Kier alpha value is -1.19. The SMILES string of the molecule is CC1CNc2cc(C(F)(F)F)ccc21. The predicted octanol–water partition coefficient (Wildman–Crippen LogP) is 3.23. The number of benzene rings is 1. The molecule has 2 rings (SSSR count). The Balaban J connectivity index is 2.42. The van der Waals surface area contributed by atoms with E-state index in [1.165, 1.54) is 6.07 Å². The molecule has 0 amide bonds. The summed E-state index contributed by atoms with van der Waals surface area (Å²) in [5, 5.41) is 2.96. The fraction of sp³-hybridized carbons (Fsp3) is 0.400. The van der Waals surface area contributed by atoms with Crippen LogP contribution in [0.3, 0.4) is 0 Å². The maximum atomic E-state index is 12.3. The highest BCUT2D eigenvalue weighted by atomic mass is 19.4. The molecule has 0 fully saturated rings. The lowest BCUT2D eigenvalue weighted by atomic mass is 10.0. The normalized spacial score (nSPS) is 20.4. The molecular weight excluding hydrogens is 191 g/mol. The molecule has 0 bridgehead atoms. The number of halogens is 3. The predicted molar refractivity (Wildman–Crippen MR) is 48.3 cm³/mol. The van der Waals surface area contributed by atoms with Crippen LogP contribution in [0.1, 0.15) is 24.0 Å². The Bertz CT molecular complexity index is 357. The number of hydrogen-bond donors (Lipinski definition) is 1. The number of fused-ring (bicyclic) bond motifs is 1. The van der Waals surface area contributed by atoms with Crippen molar-refractivity contribution < 1.29 is 13.2 Å². The van der Waals surface area contributed by atoms with E-state index in [4.69, 9.17) is 0 Å². The Morgan fingerprint density at radius 2 is 2.07 bits per heavy atom. The molecule has 0 spiro atoms. The molecule has 0 saturated carbocycles. The molecule has 1 N–H and O–H groups in total. The standard InChI is InChI=1S/C10H10F3N/c1-6-5-14-9-4-7(10(11,12)13)2-3-8(6)9/h2-4,6,14H,5H2,1H3. The van der Waals surface area contributed by atoms with Gasteiger partial charge in [-0.3, -0.25) is 0 Å². The molecule has 1 heterocycles. The molecular formula is C10H10F3N. The highest BCUT2D eigenvalue weighted by Crippen LogP contribution is 2.36. The van der Waals surface area contributed by atoms with Crippen molar-refractivity contribution in [3.8, 4) is 0 Å². The molecule has 4 heteroatoms. The van der Waals surface area contributed by atoms with Gasteiger partial charge in [-0.1, -0.05) is 13.0 Å². The van der Waals surface area contributed by atoms with E-state index in [1.807, 2.05) is 6.92 Å². The van der Waals surface area contributed by atoms with Gasteiger partial charge in [-0.25, -0.2) is 0 Å². The van der Waals surface area contributed by atoms with Gasteiger partial charge >= 0.3 is 6.18 Å². The highest BCUT2D eigenvalue weighted by molar-refractivity contribution is 5.59. The van der Waals surface area contributed by atoms with Gasteiger partial charge in [0.05, 0.1) is 5.56 Å². The van der Waals surface area contributed by atoms with Crippen LogP contribution >= 0.6 is 0 Å². The zero-order valence-electron chi connectivity index (χ0n) is 7.65. The first kappa shape index (κ1) is 9.37. The minimum absolute atomic E-state index is 0.298. The molecule has 0 radical (unpaired) electrons. The second-order valence-electron chi connectivity index (χ2n) is 3.58. The quantitative estimate of drug-likeness (QED) is 0.679. The smallest absolute Gasteiger partial charge is 0.384 e. The highest BCUT2D eigenvalue weighted by Gasteiger charge is 2.32. The number of nitrogens with one attached hydrogen (secondary N) is 1. The summed E-state index contributed by atoms with van der Waals surface area (Å²) in [5.41, 5.74) is 1.00. The van der Waals surface area contributed by atoms with Crippen LogP contribution in [0.25, 0.3) is 0 Å². The monoisotopic (exact) mass is 201 g/mol. The molecule has 1 unspecified atom stereocenters. The van der Waals surface area contributed by atoms with Crippen LogP contribution in [0, 0.1) is 0 Å². The summed E-state index contributed by atoms with van der Waals surface area (Å²) in [4.78, 5) is 0. The maximum Gasteiger partial charge on any atom is 0.416 e. The fourth-order valence-electron chi connectivity index (χ4n) is 1.69. The van der Waals surface area contributed by atoms with Crippen molar-refractivity contribution in [1.82, 2.24) is 0 Å². The number of hydrogen-bond acceptors (Lipinski definition) is 1. The molecule has 0 aliphatic carbocycles. The fourth-order valence-corrected chi connectivity index (χ4v) is 1.69. The van der Waals surface area contributed by atoms with Crippen molar-refractivity contribution in [2.45, 2.75) is 19.0 Å². The molecule has 1 aromatic rings. The third kappa shape index (κ3) is 1.45. The summed E-state index contributed by atoms with van der Waals surface area (Å²) in [5.74, 6) is 0.298. The summed E-state index contributed by atoms with van der Waals surface area (Å²) >= 11 is 0. The first-order valence-corrected chi connectivity index (χ1v) is 4.43. The van der Waals surface area contributed by atoms with Gasteiger partial charge in [-0.2, -0.15) is 13.2 Å². The van der Waals surface area contributed by atoms with E-state index in [2.05, 4.69) is 5.32 Å². The van der Waals surface area contributed by atoms with Crippen LogP contribution in [-0.2, 0) is 6.18 Å². The third-order valence-corrected chi connectivity index (χ3v) is 2.51. The molecule has 1 aliphatic heterocycles. The van der Waals surface area contributed by atoms with Crippen molar-refractivity contribution in [3.05, 3.63) is 29.3 Å². The van der Waals surface area contributed by atoms with Crippen molar-refractivity contribution in [2.24, 2.45) is 0 Å². The lowest BCUT2D eigenvalue weighted by molar-refractivity contribution is -0.137.